The molecule has 1 radical (unpaired) electrons. The summed E-state index contributed by atoms with van der Waals surface area (Å²) >= 11 is 11.9. The van der Waals surface area contributed by atoms with Crippen LogP contribution in [0.4, 0.5) is 0 Å². The smallest absolute Gasteiger partial charge is 0.162 e. The first-order chi connectivity index (χ1) is 3.30. The summed E-state index contributed by atoms with van der Waals surface area (Å²) in [4.78, 5) is 0. The molecule has 0 amide bonds. The van der Waals surface area contributed by atoms with Crippen molar-refractivity contribution >= 4 is 34.7 Å². The molecule has 0 aliphatic heterocycles. The van der Waals surface area contributed by atoms with Gasteiger partial charge < -0.3 is 0 Å². The van der Waals surface area contributed by atoms with E-state index < -0.39 is 0 Å². The second-order valence-corrected chi connectivity index (χ2v) is 2.19. The molecule has 0 spiro atoms. The first-order valence-corrected chi connectivity index (χ1v) is 3.02. The maximum atomic E-state index is 5.38. The molecule has 1 nitrogen and oxygen atoms in total. The van der Waals surface area contributed by atoms with Gasteiger partial charge in [-0.2, -0.15) is 4.37 Å². The highest BCUT2D eigenvalue weighted by Crippen LogP contribution is 2.19. The lowest BCUT2D eigenvalue weighted by atomic mass is 10.8. The van der Waals surface area contributed by atoms with Crippen LogP contribution in [0.1, 0.15) is 0 Å². The van der Waals surface area contributed by atoms with Gasteiger partial charge in [-0.1, -0.05) is 23.2 Å². The lowest BCUT2D eigenvalue weighted by molar-refractivity contribution is 1.58. The molecule has 0 bridgehead atoms. The molecule has 0 saturated carbocycles. The fraction of sp³-hybridized carbons (Fsp3) is 0. The third-order valence-electron chi connectivity index (χ3n) is 0.442. The third kappa shape index (κ3) is 1.06. The third-order valence-corrected chi connectivity index (χ3v) is 1.87. The molecule has 1 heterocycles. The zero-order chi connectivity index (χ0) is 5.28. The number of halogens is 2. The second kappa shape index (κ2) is 1.99. The highest BCUT2D eigenvalue weighted by Gasteiger charge is 1.95. The number of nitrogens with zero attached hydrogens (tertiary/aromatic N) is 1. The molecule has 7 heavy (non-hydrogen) atoms. The van der Waals surface area contributed by atoms with E-state index in [2.05, 4.69) is 9.75 Å². The van der Waals surface area contributed by atoms with Crippen molar-refractivity contribution in [2.45, 2.75) is 0 Å². The van der Waals surface area contributed by atoms with Crippen molar-refractivity contribution in [1.82, 2.24) is 4.37 Å². The van der Waals surface area contributed by atoms with E-state index in [1.54, 1.807) is 0 Å². The summed E-state index contributed by atoms with van der Waals surface area (Å²) in [5, 5.41) is 3.38. The normalized spacial score (nSPS) is 9.43. The Morgan fingerprint density at radius 3 is 2.43 bits per heavy atom. The van der Waals surface area contributed by atoms with Gasteiger partial charge in [0.25, 0.3) is 0 Å². The Bertz CT molecular complexity index is 145. The van der Waals surface area contributed by atoms with Crippen LogP contribution in [0.2, 0.25) is 10.2 Å². The fourth-order valence-corrected chi connectivity index (χ4v) is 0.982. The van der Waals surface area contributed by atoms with Crippen LogP contribution in [0.3, 0.4) is 0 Å². The summed E-state index contributed by atoms with van der Waals surface area (Å²) in [6.45, 7) is 0. The summed E-state index contributed by atoms with van der Waals surface area (Å²) in [7, 11) is 0. The molecular formula is C3Cl2NS. The van der Waals surface area contributed by atoms with Crippen molar-refractivity contribution in [3.05, 3.63) is 15.6 Å². The first kappa shape index (κ1) is 5.35. The standard InChI is InChI=1S/C3Cl2NS/c4-2-1-7-6-3(2)5. The van der Waals surface area contributed by atoms with Crippen LogP contribution in [0.15, 0.2) is 0 Å². The molecule has 0 aliphatic carbocycles. The van der Waals surface area contributed by atoms with Crippen LogP contribution in [0.5, 0.6) is 0 Å². The van der Waals surface area contributed by atoms with Gasteiger partial charge in [0.2, 0.25) is 0 Å². The largest absolute Gasteiger partial charge is 0.179 e. The number of hydrogen-bond donors (Lipinski definition) is 0. The zero-order valence-corrected chi connectivity index (χ0v) is 5.44. The van der Waals surface area contributed by atoms with E-state index in [0.29, 0.717) is 10.2 Å². The van der Waals surface area contributed by atoms with Gasteiger partial charge in [-0.15, -0.1) is 0 Å². The van der Waals surface area contributed by atoms with Crippen LogP contribution < -0.4 is 0 Å². The van der Waals surface area contributed by atoms with Crippen LogP contribution in [0.25, 0.3) is 0 Å². The molecule has 1 aromatic heterocycles. The van der Waals surface area contributed by atoms with Crippen LogP contribution >= 0.6 is 34.7 Å². The fourth-order valence-electron chi connectivity index (χ4n) is 0.185. The average Bonchev–Trinajstić information content (AvgIpc) is 1.91. The van der Waals surface area contributed by atoms with E-state index in [1.165, 1.54) is 0 Å². The summed E-state index contributed by atoms with van der Waals surface area (Å²) in [5.74, 6) is 0. The van der Waals surface area contributed by atoms with Crippen molar-refractivity contribution < 1.29 is 0 Å². The molecule has 1 rings (SSSR count). The lowest BCUT2D eigenvalue weighted by Crippen LogP contribution is -1.53. The van der Waals surface area contributed by atoms with Gasteiger partial charge in [0.15, 0.2) is 5.15 Å². The van der Waals surface area contributed by atoms with Crippen LogP contribution in [-0.4, -0.2) is 4.37 Å². The maximum Gasteiger partial charge on any atom is 0.162 e. The summed E-state index contributed by atoms with van der Waals surface area (Å²) in [6, 6.07) is 0. The minimum atomic E-state index is 0.340. The molecule has 0 unspecified atom stereocenters. The number of hydrogen-bond acceptors (Lipinski definition) is 2. The quantitative estimate of drug-likeness (QED) is 0.556. The molecule has 0 N–H and O–H groups in total. The monoisotopic (exact) mass is 152 g/mol. The molecule has 0 fully saturated rings. The summed E-state index contributed by atoms with van der Waals surface area (Å²) in [5.41, 5.74) is 0. The Morgan fingerprint density at radius 2 is 2.29 bits per heavy atom. The molecule has 0 saturated heterocycles. The second-order valence-electron chi connectivity index (χ2n) is 0.889. The van der Waals surface area contributed by atoms with Gasteiger partial charge >= 0.3 is 0 Å². The molecule has 0 atom stereocenters. The van der Waals surface area contributed by atoms with E-state index in [0.717, 1.165) is 11.5 Å². The predicted molar refractivity (Wildman–Crippen MR) is 31.0 cm³/mol. The van der Waals surface area contributed by atoms with Crippen LogP contribution in [-0.2, 0) is 0 Å². The van der Waals surface area contributed by atoms with Gasteiger partial charge in [0.05, 0.1) is 10.4 Å². The Morgan fingerprint density at radius 1 is 1.57 bits per heavy atom. The van der Waals surface area contributed by atoms with Gasteiger partial charge in [0.1, 0.15) is 0 Å². The van der Waals surface area contributed by atoms with Gasteiger partial charge in [-0.3, -0.25) is 0 Å². The Labute approximate surface area is 55.0 Å². The molecule has 4 heteroatoms. The van der Waals surface area contributed by atoms with Gasteiger partial charge in [-0.05, 0) is 11.5 Å². The Balaban J connectivity index is 3.12. The van der Waals surface area contributed by atoms with E-state index >= 15 is 0 Å². The molecule has 37 valence electrons. The van der Waals surface area contributed by atoms with Gasteiger partial charge in [0, 0.05) is 0 Å². The van der Waals surface area contributed by atoms with Crippen molar-refractivity contribution in [2.24, 2.45) is 0 Å². The molecule has 0 aromatic carbocycles. The lowest BCUT2D eigenvalue weighted by Gasteiger charge is -1.70. The SMILES string of the molecule is Clc1[c]snc1Cl. The topological polar surface area (TPSA) is 12.9 Å². The van der Waals surface area contributed by atoms with Crippen molar-refractivity contribution in [3.8, 4) is 0 Å². The average molecular weight is 153 g/mol. The zero-order valence-electron chi connectivity index (χ0n) is 3.11. The van der Waals surface area contributed by atoms with E-state index in [-0.39, 0.29) is 0 Å². The number of aromatic nitrogens is 1. The highest BCUT2D eigenvalue weighted by atomic mass is 35.5. The summed E-state index contributed by atoms with van der Waals surface area (Å²) in [6.07, 6.45) is 0. The van der Waals surface area contributed by atoms with E-state index in [1.807, 2.05) is 0 Å². The minimum Gasteiger partial charge on any atom is -0.179 e. The van der Waals surface area contributed by atoms with Crippen molar-refractivity contribution in [3.63, 3.8) is 0 Å². The highest BCUT2D eigenvalue weighted by molar-refractivity contribution is 7.04. The molecular weight excluding hydrogens is 153 g/mol. The molecule has 0 aliphatic rings. The Kier molecular flexibility index (Phi) is 1.52. The van der Waals surface area contributed by atoms with Gasteiger partial charge in [-0.25, -0.2) is 0 Å². The summed E-state index contributed by atoms with van der Waals surface area (Å²) < 4.78 is 3.64. The van der Waals surface area contributed by atoms with Crippen molar-refractivity contribution in [1.29, 1.82) is 0 Å². The first-order valence-electron chi connectivity index (χ1n) is 1.49. The Hall–Kier alpha value is 0.210. The predicted octanol–water partition coefficient (Wildman–Crippen LogP) is 2.25. The van der Waals surface area contributed by atoms with E-state index in [9.17, 15) is 0 Å². The number of rotatable bonds is 0. The maximum absolute atomic E-state index is 5.38. The van der Waals surface area contributed by atoms with Crippen LogP contribution in [0, 0.1) is 5.38 Å². The molecule has 1 aromatic rings. The minimum absolute atomic E-state index is 0.340. The van der Waals surface area contributed by atoms with E-state index in [4.69, 9.17) is 23.2 Å². The van der Waals surface area contributed by atoms with Crippen molar-refractivity contribution in [2.75, 3.05) is 0 Å².